The number of tetrazole rings is 1. The Morgan fingerprint density at radius 2 is 1.88 bits per heavy atom. The summed E-state index contributed by atoms with van der Waals surface area (Å²) in [4.78, 5) is 18.1. The minimum absolute atomic E-state index is 0.00533. The molecule has 0 atom stereocenters. The SMILES string of the molecule is O=C(CSc1nnnn1-c1ccc(OC(F)(F)F)cc1)N1CCN(Cc2cccs2)CC1. The van der Waals surface area contributed by atoms with E-state index in [0.29, 0.717) is 23.9 Å². The van der Waals surface area contributed by atoms with E-state index in [9.17, 15) is 18.0 Å². The lowest BCUT2D eigenvalue weighted by atomic mass is 10.3. The molecular weight excluding hydrogens is 465 g/mol. The standard InChI is InChI=1S/C19H19F3N6O2S2/c20-19(21,22)30-15-5-3-14(4-6-15)28-18(23-24-25-28)32-13-17(29)27-9-7-26(8-10-27)12-16-2-1-11-31-16/h1-6,11H,7-10,12-13H2. The van der Waals surface area contributed by atoms with E-state index < -0.39 is 6.36 Å². The van der Waals surface area contributed by atoms with Crippen molar-refractivity contribution >= 4 is 29.0 Å². The third kappa shape index (κ3) is 5.99. The molecule has 2 aromatic heterocycles. The number of thiophene rings is 1. The number of hydrogen-bond acceptors (Lipinski definition) is 8. The van der Waals surface area contributed by atoms with Gasteiger partial charge in [0, 0.05) is 37.6 Å². The van der Waals surface area contributed by atoms with Gasteiger partial charge >= 0.3 is 6.36 Å². The third-order valence-electron chi connectivity index (χ3n) is 4.77. The van der Waals surface area contributed by atoms with Crippen LogP contribution < -0.4 is 4.74 Å². The monoisotopic (exact) mass is 484 g/mol. The van der Waals surface area contributed by atoms with Crippen molar-refractivity contribution in [1.29, 1.82) is 0 Å². The molecule has 4 rings (SSSR count). The summed E-state index contributed by atoms with van der Waals surface area (Å²) >= 11 is 2.91. The van der Waals surface area contributed by atoms with Gasteiger partial charge in [0.1, 0.15) is 5.75 Å². The molecule has 0 aliphatic carbocycles. The Kier molecular flexibility index (Phi) is 6.96. The van der Waals surface area contributed by atoms with Gasteiger partial charge in [-0.1, -0.05) is 17.8 Å². The van der Waals surface area contributed by atoms with Crippen LogP contribution in [0.1, 0.15) is 4.88 Å². The Hall–Kier alpha value is -2.64. The van der Waals surface area contributed by atoms with E-state index in [0.717, 1.165) is 19.6 Å². The van der Waals surface area contributed by atoms with Crippen LogP contribution in [0.5, 0.6) is 5.75 Å². The molecule has 1 aliphatic heterocycles. The molecule has 1 amide bonds. The van der Waals surface area contributed by atoms with Crippen molar-refractivity contribution in [1.82, 2.24) is 30.0 Å². The molecule has 0 N–H and O–H groups in total. The van der Waals surface area contributed by atoms with Crippen molar-refractivity contribution in [3.63, 3.8) is 0 Å². The fraction of sp³-hybridized carbons (Fsp3) is 0.368. The van der Waals surface area contributed by atoms with E-state index in [1.807, 2.05) is 11.0 Å². The lowest BCUT2D eigenvalue weighted by Gasteiger charge is -2.34. The minimum atomic E-state index is -4.76. The van der Waals surface area contributed by atoms with Crippen LogP contribution >= 0.6 is 23.1 Å². The van der Waals surface area contributed by atoms with E-state index in [4.69, 9.17) is 0 Å². The van der Waals surface area contributed by atoms with Gasteiger partial charge < -0.3 is 9.64 Å². The van der Waals surface area contributed by atoms with Gasteiger partial charge in [0.05, 0.1) is 11.4 Å². The molecule has 0 radical (unpaired) electrons. The molecule has 1 fully saturated rings. The fourth-order valence-electron chi connectivity index (χ4n) is 3.22. The second-order valence-electron chi connectivity index (χ2n) is 6.94. The Morgan fingerprint density at radius 1 is 1.12 bits per heavy atom. The predicted molar refractivity (Wildman–Crippen MR) is 113 cm³/mol. The minimum Gasteiger partial charge on any atom is -0.406 e. The lowest BCUT2D eigenvalue weighted by Crippen LogP contribution is -2.48. The van der Waals surface area contributed by atoms with Crippen LogP contribution in [0.2, 0.25) is 0 Å². The van der Waals surface area contributed by atoms with Gasteiger partial charge in [-0.15, -0.1) is 29.6 Å². The molecule has 0 bridgehead atoms. The number of hydrogen-bond donors (Lipinski definition) is 0. The Bertz CT molecular complexity index is 1020. The molecule has 0 spiro atoms. The van der Waals surface area contributed by atoms with Gasteiger partial charge in [0.15, 0.2) is 0 Å². The van der Waals surface area contributed by atoms with Crippen LogP contribution in [0.25, 0.3) is 5.69 Å². The molecule has 8 nitrogen and oxygen atoms in total. The van der Waals surface area contributed by atoms with Crippen molar-refractivity contribution in [2.75, 3.05) is 31.9 Å². The normalized spacial score (nSPS) is 15.2. The first-order valence-electron chi connectivity index (χ1n) is 9.67. The number of alkyl halides is 3. The number of amides is 1. The molecule has 32 heavy (non-hydrogen) atoms. The largest absolute Gasteiger partial charge is 0.573 e. The van der Waals surface area contributed by atoms with E-state index in [1.165, 1.54) is 45.6 Å². The predicted octanol–water partition coefficient (Wildman–Crippen LogP) is 3.06. The highest BCUT2D eigenvalue weighted by molar-refractivity contribution is 7.99. The molecule has 170 valence electrons. The van der Waals surface area contributed by atoms with Crippen molar-refractivity contribution in [2.45, 2.75) is 18.1 Å². The highest BCUT2D eigenvalue weighted by Gasteiger charge is 2.31. The highest BCUT2D eigenvalue weighted by atomic mass is 32.2. The quantitative estimate of drug-likeness (QED) is 0.477. The Morgan fingerprint density at radius 3 is 2.53 bits per heavy atom. The van der Waals surface area contributed by atoms with Gasteiger partial charge in [0.25, 0.3) is 0 Å². The number of thioether (sulfide) groups is 1. The average molecular weight is 485 g/mol. The number of carbonyl (C=O) groups is 1. The van der Waals surface area contributed by atoms with E-state index in [2.05, 4.69) is 36.6 Å². The summed E-state index contributed by atoms with van der Waals surface area (Å²) in [7, 11) is 0. The third-order valence-corrected chi connectivity index (χ3v) is 6.53. The lowest BCUT2D eigenvalue weighted by molar-refractivity contribution is -0.274. The first kappa shape index (κ1) is 22.6. The van der Waals surface area contributed by atoms with Gasteiger partial charge in [-0.2, -0.15) is 4.68 Å². The number of aromatic nitrogens is 4. The molecule has 1 saturated heterocycles. The summed E-state index contributed by atoms with van der Waals surface area (Å²) in [5.74, 6) is -0.174. The second-order valence-corrected chi connectivity index (χ2v) is 8.91. The zero-order chi connectivity index (χ0) is 22.6. The van der Waals surface area contributed by atoms with Crippen LogP contribution in [0.15, 0.2) is 46.9 Å². The smallest absolute Gasteiger partial charge is 0.406 e. The van der Waals surface area contributed by atoms with Crippen LogP contribution in [-0.2, 0) is 11.3 Å². The van der Waals surface area contributed by atoms with Gasteiger partial charge in [-0.3, -0.25) is 9.69 Å². The second kappa shape index (κ2) is 9.88. The molecular formula is C19H19F3N6O2S2. The number of carbonyl (C=O) groups excluding carboxylic acids is 1. The topological polar surface area (TPSA) is 76.4 Å². The van der Waals surface area contributed by atoms with Crippen LogP contribution in [-0.4, -0.2) is 74.2 Å². The van der Waals surface area contributed by atoms with Crippen molar-refractivity contribution in [2.24, 2.45) is 0 Å². The Labute approximate surface area is 189 Å². The van der Waals surface area contributed by atoms with Gasteiger partial charge in [-0.25, -0.2) is 0 Å². The van der Waals surface area contributed by atoms with Crippen LogP contribution in [0.4, 0.5) is 13.2 Å². The van der Waals surface area contributed by atoms with Gasteiger partial charge in [0.2, 0.25) is 11.1 Å². The first-order valence-corrected chi connectivity index (χ1v) is 11.5. The van der Waals surface area contributed by atoms with Crippen LogP contribution in [0, 0.1) is 0 Å². The summed E-state index contributed by atoms with van der Waals surface area (Å²) in [6.07, 6.45) is -4.76. The summed E-state index contributed by atoms with van der Waals surface area (Å²) in [6, 6.07) is 9.33. The molecule has 0 saturated carbocycles. The van der Waals surface area contributed by atoms with E-state index >= 15 is 0 Å². The van der Waals surface area contributed by atoms with Gasteiger partial charge in [-0.05, 0) is 46.1 Å². The highest BCUT2D eigenvalue weighted by Crippen LogP contribution is 2.25. The maximum atomic E-state index is 12.6. The number of piperazine rings is 1. The molecule has 3 heterocycles. The number of benzene rings is 1. The van der Waals surface area contributed by atoms with Crippen molar-refractivity contribution in [3.05, 3.63) is 46.7 Å². The van der Waals surface area contributed by atoms with Crippen molar-refractivity contribution in [3.8, 4) is 11.4 Å². The maximum Gasteiger partial charge on any atom is 0.573 e. The summed E-state index contributed by atoms with van der Waals surface area (Å²) in [6.45, 7) is 3.86. The number of nitrogens with zero attached hydrogens (tertiary/aromatic N) is 6. The zero-order valence-electron chi connectivity index (χ0n) is 16.7. The molecule has 13 heteroatoms. The van der Waals surface area contributed by atoms with E-state index in [1.54, 1.807) is 11.3 Å². The van der Waals surface area contributed by atoms with Crippen molar-refractivity contribution < 1.29 is 22.7 Å². The summed E-state index contributed by atoms with van der Waals surface area (Å²) in [5, 5.41) is 13.8. The molecule has 1 aliphatic rings. The zero-order valence-corrected chi connectivity index (χ0v) is 18.4. The summed E-state index contributed by atoms with van der Waals surface area (Å²) < 4.78 is 42.2. The molecule has 3 aromatic rings. The summed E-state index contributed by atoms with van der Waals surface area (Å²) in [5.41, 5.74) is 0.460. The van der Waals surface area contributed by atoms with Crippen LogP contribution in [0.3, 0.4) is 0 Å². The number of halogens is 3. The molecule has 1 aromatic carbocycles. The van der Waals surface area contributed by atoms with E-state index in [-0.39, 0.29) is 17.4 Å². The number of rotatable bonds is 7. The fourth-order valence-corrected chi connectivity index (χ4v) is 4.76. The number of ether oxygens (including phenoxy) is 1. The average Bonchev–Trinajstić information content (AvgIpc) is 3.44. The maximum absolute atomic E-state index is 12.6. The molecule has 0 unspecified atom stereocenters. The Balaban J connectivity index is 1.29. The first-order chi connectivity index (χ1) is 15.4.